The maximum absolute atomic E-state index is 10.2. The molecule has 0 fully saturated rings. The number of aliphatic carboxylic acids is 1. The van der Waals surface area contributed by atoms with Crippen LogP contribution in [-0.2, 0) is 4.79 Å². The highest BCUT2D eigenvalue weighted by atomic mass is 16.4. The summed E-state index contributed by atoms with van der Waals surface area (Å²) in [5.74, 6) is -1.14. The molecule has 0 saturated carbocycles. The lowest BCUT2D eigenvalue weighted by Crippen LogP contribution is -2.41. The van der Waals surface area contributed by atoms with E-state index in [1.165, 1.54) is 0 Å². The van der Waals surface area contributed by atoms with Crippen molar-refractivity contribution in [3.8, 4) is 0 Å². The third kappa shape index (κ3) is 3.95. The molecule has 0 aromatic carbocycles. The average Bonchev–Trinajstić information content (AvgIpc) is 1.98. The van der Waals surface area contributed by atoms with Crippen LogP contribution in [0.3, 0.4) is 0 Å². The number of rotatable bonds is 5. The second-order valence-electron chi connectivity index (χ2n) is 2.57. The lowest BCUT2D eigenvalue weighted by molar-refractivity contribution is -0.141. The van der Waals surface area contributed by atoms with Gasteiger partial charge in [-0.2, -0.15) is 0 Å². The van der Waals surface area contributed by atoms with Crippen molar-refractivity contribution in [3.63, 3.8) is 0 Å². The molecule has 0 aliphatic carbocycles. The summed E-state index contributed by atoms with van der Waals surface area (Å²) in [6.07, 6.45) is 1.29. The Morgan fingerprint density at radius 2 is 2.18 bits per heavy atom. The van der Waals surface area contributed by atoms with Crippen LogP contribution in [0.4, 0.5) is 0 Å². The van der Waals surface area contributed by atoms with Gasteiger partial charge in [0, 0.05) is 0 Å². The van der Waals surface area contributed by atoms with Gasteiger partial charge in [0.1, 0.15) is 6.04 Å². The van der Waals surface area contributed by atoms with Crippen LogP contribution in [0.25, 0.3) is 0 Å². The number of carbonyl (C=O) groups is 1. The van der Waals surface area contributed by atoms with Crippen molar-refractivity contribution in [3.05, 3.63) is 0 Å². The van der Waals surface area contributed by atoms with Crippen LogP contribution in [0.5, 0.6) is 0 Å². The van der Waals surface area contributed by atoms with Gasteiger partial charge in [0.25, 0.3) is 0 Å². The largest absolute Gasteiger partial charge is 0.480 e. The van der Waals surface area contributed by atoms with Crippen LogP contribution in [0.1, 0.15) is 26.2 Å². The molecule has 0 aromatic rings. The Labute approximate surface area is 66.0 Å². The van der Waals surface area contributed by atoms with E-state index in [0.29, 0.717) is 6.42 Å². The first-order chi connectivity index (χ1) is 5.09. The summed E-state index contributed by atoms with van der Waals surface area (Å²) in [6, 6.07) is -1.14. The van der Waals surface area contributed by atoms with E-state index in [4.69, 9.17) is 15.9 Å². The highest BCUT2D eigenvalue weighted by Gasteiger charge is 2.20. The maximum atomic E-state index is 10.2. The molecule has 4 nitrogen and oxygen atoms in total. The topological polar surface area (TPSA) is 83.5 Å². The first kappa shape index (κ1) is 10.4. The zero-order valence-electron chi connectivity index (χ0n) is 6.66. The number of carboxylic acid groups (broad SMARTS) is 1. The Balaban J connectivity index is 3.63. The molecule has 0 radical (unpaired) electrons. The quantitative estimate of drug-likeness (QED) is 0.528. The van der Waals surface area contributed by atoms with E-state index in [9.17, 15) is 4.79 Å². The van der Waals surface area contributed by atoms with Crippen LogP contribution < -0.4 is 5.73 Å². The Morgan fingerprint density at radius 1 is 1.64 bits per heavy atom. The molecule has 0 aliphatic heterocycles. The number of hydrogen-bond acceptors (Lipinski definition) is 3. The summed E-state index contributed by atoms with van der Waals surface area (Å²) in [4.78, 5) is 10.2. The van der Waals surface area contributed by atoms with Gasteiger partial charge < -0.3 is 15.9 Å². The molecule has 4 heteroatoms. The fourth-order valence-electron chi connectivity index (χ4n) is 0.757. The zero-order chi connectivity index (χ0) is 8.85. The minimum absolute atomic E-state index is 0.462. The zero-order valence-corrected chi connectivity index (χ0v) is 6.66. The van der Waals surface area contributed by atoms with Gasteiger partial charge >= 0.3 is 5.97 Å². The Morgan fingerprint density at radius 3 is 2.55 bits per heavy atom. The second-order valence-corrected chi connectivity index (χ2v) is 2.57. The number of aliphatic hydroxyl groups excluding tert-OH is 1. The molecule has 0 spiro atoms. The molecule has 0 bridgehead atoms. The van der Waals surface area contributed by atoms with Crippen LogP contribution in [0.2, 0.25) is 0 Å². The summed E-state index contributed by atoms with van der Waals surface area (Å²) >= 11 is 0. The normalized spacial score (nSPS) is 15.9. The smallest absolute Gasteiger partial charge is 0.323 e. The van der Waals surface area contributed by atoms with Gasteiger partial charge in [-0.1, -0.05) is 19.8 Å². The van der Waals surface area contributed by atoms with Crippen molar-refractivity contribution in [2.24, 2.45) is 5.73 Å². The van der Waals surface area contributed by atoms with Gasteiger partial charge in [0.2, 0.25) is 0 Å². The summed E-state index contributed by atoms with van der Waals surface area (Å²) in [5, 5.41) is 17.5. The van der Waals surface area contributed by atoms with Crippen molar-refractivity contribution in [2.45, 2.75) is 38.3 Å². The number of unbranched alkanes of at least 4 members (excludes halogenated alkanes) is 1. The van der Waals surface area contributed by atoms with Crippen LogP contribution in [-0.4, -0.2) is 28.3 Å². The highest BCUT2D eigenvalue weighted by molar-refractivity contribution is 5.73. The van der Waals surface area contributed by atoms with Crippen LogP contribution >= 0.6 is 0 Å². The second kappa shape index (κ2) is 5.09. The molecule has 0 saturated heterocycles. The van der Waals surface area contributed by atoms with Gasteiger partial charge in [-0.3, -0.25) is 4.79 Å². The number of nitrogens with two attached hydrogens (primary N) is 1. The minimum atomic E-state index is -1.14. The average molecular weight is 161 g/mol. The Kier molecular flexibility index (Phi) is 4.81. The molecule has 0 aromatic heterocycles. The summed E-state index contributed by atoms with van der Waals surface area (Å²) in [5.41, 5.74) is 5.15. The minimum Gasteiger partial charge on any atom is -0.480 e. The molecule has 66 valence electrons. The fraction of sp³-hybridized carbons (Fsp3) is 0.857. The highest BCUT2D eigenvalue weighted by Crippen LogP contribution is 2.02. The lowest BCUT2D eigenvalue weighted by atomic mass is 10.1. The van der Waals surface area contributed by atoms with Crippen LogP contribution in [0.15, 0.2) is 0 Å². The first-order valence-electron chi connectivity index (χ1n) is 3.76. The monoisotopic (exact) mass is 161 g/mol. The molecule has 0 unspecified atom stereocenters. The third-order valence-corrected chi connectivity index (χ3v) is 1.55. The number of hydrogen-bond donors (Lipinski definition) is 3. The molecule has 0 aliphatic rings. The van der Waals surface area contributed by atoms with Crippen molar-refractivity contribution in [1.29, 1.82) is 0 Å². The van der Waals surface area contributed by atoms with Crippen molar-refractivity contribution in [2.75, 3.05) is 0 Å². The third-order valence-electron chi connectivity index (χ3n) is 1.55. The van der Waals surface area contributed by atoms with E-state index in [0.717, 1.165) is 12.8 Å². The Bertz CT molecular complexity index is 127. The number of aliphatic hydroxyl groups is 1. The molecule has 11 heavy (non-hydrogen) atoms. The van der Waals surface area contributed by atoms with Gasteiger partial charge in [-0.25, -0.2) is 0 Å². The first-order valence-corrected chi connectivity index (χ1v) is 3.76. The standard InChI is InChI=1S/C7H15NO3/c1-2-3-4-5(9)6(8)7(10)11/h5-6,9H,2-4,8H2,1H3,(H,10,11)/t5-,6+/m0/s1. The molecular weight excluding hydrogens is 146 g/mol. The van der Waals surface area contributed by atoms with E-state index in [2.05, 4.69) is 0 Å². The van der Waals surface area contributed by atoms with Crippen molar-refractivity contribution >= 4 is 5.97 Å². The SMILES string of the molecule is CCCC[C@H](O)[C@@H](N)C(=O)O. The fourth-order valence-corrected chi connectivity index (χ4v) is 0.757. The predicted molar refractivity (Wildman–Crippen MR) is 41.1 cm³/mol. The molecule has 4 N–H and O–H groups in total. The van der Waals surface area contributed by atoms with E-state index in [1.807, 2.05) is 6.92 Å². The van der Waals surface area contributed by atoms with Crippen molar-refractivity contribution < 1.29 is 15.0 Å². The maximum Gasteiger partial charge on any atom is 0.323 e. The number of carboxylic acids is 1. The molecule has 2 atom stereocenters. The Hall–Kier alpha value is -0.610. The van der Waals surface area contributed by atoms with E-state index in [1.54, 1.807) is 0 Å². The predicted octanol–water partition coefficient (Wildman–Crippen LogP) is -0.0506. The van der Waals surface area contributed by atoms with Gasteiger partial charge in [-0.05, 0) is 6.42 Å². The summed E-state index contributed by atoms with van der Waals surface area (Å²) in [6.45, 7) is 1.97. The van der Waals surface area contributed by atoms with E-state index in [-0.39, 0.29) is 0 Å². The van der Waals surface area contributed by atoms with Gasteiger partial charge in [0.05, 0.1) is 6.10 Å². The van der Waals surface area contributed by atoms with Gasteiger partial charge in [-0.15, -0.1) is 0 Å². The molecule has 0 heterocycles. The summed E-state index contributed by atoms with van der Waals surface area (Å²) in [7, 11) is 0. The molecular formula is C7H15NO3. The van der Waals surface area contributed by atoms with E-state index < -0.39 is 18.1 Å². The van der Waals surface area contributed by atoms with Crippen LogP contribution in [0, 0.1) is 0 Å². The van der Waals surface area contributed by atoms with Crippen molar-refractivity contribution in [1.82, 2.24) is 0 Å². The molecule has 0 rings (SSSR count). The van der Waals surface area contributed by atoms with E-state index >= 15 is 0 Å². The lowest BCUT2D eigenvalue weighted by Gasteiger charge is -2.13. The molecule has 0 amide bonds. The van der Waals surface area contributed by atoms with Gasteiger partial charge in [0.15, 0.2) is 0 Å². The summed E-state index contributed by atoms with van der Waals surface area (Å²) < 4.78 is 0.